The molecule has 0 saturated heterocycles. The molecule has 2 nitrogen and oxygen atoms in total. The molecule has 1 heterocycles. The molecule has 1 aliphatic carbocycles. The second-order valence-corrected chi connectivity index (χ2v) is 7.11. The molecule has 0 atom stereocenters. The fourth-order valence-electron chi connectivity index (χ4n) is 3.11. The molecule has 0 spiro atoms. The number of anilines is 1. The van der Waals surface area contributed by atoms with Gasteiger partial charge in [-0.3, -0.25) is 4.98 Å². The Kier molecular flexibility index (Phi) is 4.70. The molecule has 4 heteroatoms. The monoisotopic (exact) mass is 366 g/mol. The van der Waals surface area contributed by atoms with Crippen LogP contribution in [-0.4, -0.2) is 11.5 Å². The van der Waals surface area contributed by atoms with Crippen molar-refractivity contribution in [3.8, 4) is 0 Å². The van der Waals surface area contributed by atoms with Crippen molar-refractivity contribution in [3.05, 3.63) is 33.4 Å². The zero-order valence-corrected chi connectivity index (χ0v) is 14.6. The average Bonchev–Trinajstić information content (AvgIpc) is 2.99. The third kappa shape index (κ3) is 3.19. The van der Waals surface area contributed by atoms with Crippen LogP contribution < -0.4 is 5.32 Å². The molecule has 3 rings (SSSR count). The summed E-state index contributed by atoms with van der Waals surface area (Å²) in [5.74, 6) is 0.594. The molecule has 1 fully saturated rings. The first kappa shape index (κ1) is 15.1. The van der Waals surface area contributed by atoms with Gasteiger partial charge in [-0.2, -0.15) is 0 Å². The Morgan fingerprint density at radius 3 is 2.76 bits per heavy atom. The summed E-state index contributed by atoms with van der Waals surface area (Å²) in [6.07, 6.45) is 6.23. The van der Waals surface area contributed by atoms with E-state index in [0.29, 0.717) is 5.92 Å². The molecule has 0 unspecified atom stereocenters. The lowest BCUT2D eigenvalue weighted by molar-refractivity contribution is 0.701. The molecule has 21 heavy (non-hydrogen) atoms. The zero-order valence-electron chi connectivity index (χ0n) is 12.3. The predicted octanol–water partition coefficient (Wildman–Crippen LogP) is 6.13. The van der Waals surface area contributed by atoms with Crippen LogP contribution in [0.25, 0.3) is 10.9 Å². The Balaban J connectivity index is 2.13. The summed E-state index contributed by atoms with van der Waals surface area (Å²) in [5, 5.41) is 5.36. The first-order chi connectivity index (χ1) is 10.2. The smallest absolute Gasteiger partial charge is 0.0913 e. The molecular weight excluding hydrogens is 348 g/mol. The van der Waals surface area contributed by atoms with E-state index in [1.165, 1.54) is 31.4 Å². The number of fused-ring (bicyclic) bond motifs is 1. The van der Waals surface area contributed by atoms with Gasteiger partial charge in [-0.15, -0.1) is 0 Å². The molecule has 112 valence electrons. The van der Waals surface area contributed by atoms with E-state index in [1.807, 2.05) is 6.07 Å². The maximum Gasteiger partial charge on any atom is 0.0913 e. The minimum Gasteiger partial charge on any atom is -0.384 e. The molecule has 1 aliphatic rings. The fraction of sp³-hybridized carbons (Fsp3) is 0.471. The van der Waals surface area contributed by atoms with E-state index in [0.717, 1.165) is 39.1 Å². The lowest BCUT2D eigenvalue weighted by atomic mass is 10.0. The number of halogens is 2. The van der Waals surface area contributed by atoms with Gasteiger partial charge in [0.25, 0.3) is 0 Å². The Morgan fingerprint density at radius 1 is 1.29 bits per heavy atom. The van der Waals surface area contributed by atoms with Crippen molar-refractivity contribution in [1.29, 1.82) is 0 Å². The SMILES string of the molecule is CCCNc1cc(C2CCCC2)nc2c(Cl)cc(Br)cc12. The second kappa shape index (κ2) is 6.53. The summed E-state index contributed by atoms with van der Waals surface area (Å²) < 4.78 is 0.995. The number of nitrogens with zero attached hydrogens (tertiary/aromatic N) is 1. The first-order valence-electron chi connectivity index (χ1n) is 7.72. The van der Waals surface area contributed by atoms with Crippen LogP contribution in [0.4, 0.5) is 5.69 Å². The minimum absolute atomic E-state index is 0.594. The van der Waals surface area contributed by atoms with Crippen molar-refractivity contribution in [3.63, 3.8) is 0 Å². The van der Waals surface area contributed by atoms with Gasteiger partial charge in [0.1, 0.15) is 0 Å². The molecule has 1 aromatic heterocycles. The lowest BCUT2D eigenvalue weighted by Gasteiger charge is -2.15. The second-order valence-electron chi connectivity index (χ2n) is 5.79. The van der Waals surface area contributed by atoms with Crippen molar-refractivity contribution in [2.75, 3.05) is 11.9 Å². The van der Waals surface area contributed by atoms with Gasteiger partial charge >= 0.3 is 0 Å². The summed E-state index contributed by atoms with van der Waals surface area (Å²) >= 11 is 9.96. The molecule has 0 radical (unpaired) electrons. The number of aromatic nitrogens is 1. The summed E-state index contributed by atoms with van der Waals surface area (Å²) in [6.45, 7) is 3.14. The van der Waals surface area contributed by atoms with Crippen LogP contribution in [0.1, 0.15) is 50.6 Å². The third-order valence-corrected chi connectivity index (χ3v) is 4.94. The predicted molar refractivity (Wildman–Crippen MR) is 94.4 cm³/mol. The number of pyridine rings is 1. The third-order valence-electron chi connectivity index (χ3n) is 4.19. The van der Waals surface area contributed by atoms with Crippen LogP contribution in [0.5, 0.6) is 0 Å². The molecule has 0 aliphatic heterocycles. The van der Waals surface area contributed by atoms with E-state index >= 15 is 0 Å². The Labute approximate surface area is 139 Å². The summed E-state index contributed by atoms with van der Waals surface area (Å²) in [5.41, 5.74) is 3.28. The van der Waals surface area contributed by atoms with Gasteiger partial charge in [0.15, 0.2) is 0 Å². The van der Waals surface area contributed by atoms with E-state index in [1.54, 1.807) is 0 Å². The highest BCUT2D eigenvalue weighted by Crippen LogP contribution is 2.38. The highest BCUT2D eigenvalue weighted by Gasteiger charge is 2.20. The van der Waals surface area contributed by atoms with Gasteiger partial charge in [-0.1, -0.05) is 47.3 Å². The van der Waals surface area contributed by atoms with Crippen LogP contribution in [-0.2, 0) is 0 Å². The minimum atomic E-state index is 0.594. The number of rotatable bonds is 4. The summed E-state index contributed by atoms with van der Waals surface area (Å²) in [7, 11) is 0. The van der Waals surface area contributed by atoms with Gasteiger partial charge in [0.05, 0.1) is 10.5 Å². The van der Waals surface area contributed by atoms with E-state index in [-0.39, 0.29) is 0 Å². The normalized spacial score (nSPS) is 15.8. The summed E-state index contributed by atoms with van der Waals surface area (Å²) in [6, 6.07) is 6.26. The van der Waals surface area contributed by atoms with Crippen LogP contribution in [0, 0.1) is 0 Å². The van der Waals surface area contributed by atoms with Crippen molar-refractivity contribution in [1.82, 2.24) is 4.98 Å². The zero-order chi connectivity index (χ0) is 14.8. The van der Waals surface area contributed by atoms with Gasteiger partial charge < -0.3 is 5.32 Å². The molecule has 1 N–H and O–H groups in total. The van der Waals surface area contributed by atoms with Crippen LogP contribution in [0.15, 0.2) is 22.7 Å². The Hall–Kier alpha value is -0.800. The van der Waals surface area contributed by atoms with E-state index in [9.17, 15) is 0 Å². The molecule has 1 aromatic carbocycles. The Bertz CT molecular complexity index is 651. The molecular formula is C17H20BrClN2. The topological polar surface area (TPSA) is 24.9 Å². The largest absolute Gasteiger partial charge is 0.384 e. The van der Waals surface area contributed by atoms with Crippen molar-refractivity contribution in [2.45, 2.75) is 44.9 Å². The van der Waals surface area contributed by atoms with Crippen LogP contribution in [0.2, 0.25) is 5.02 Å². The van der Waals surface area contributed by atoms with E-state index in [4.69, 9.17) is 16.6 Å². The van der Waals surface area contributed by atoms with Crippen LogP contribution >= 0.6 is 27.5 Å². The van der Waals surface area contributed by atoms with Crippen LogP contribution in [0.3, 0.4) is 0 Å². The number of hydrogen-bond donors (Lipinski definition) is 1. The molecule has 1 saturated carbocycles. The fourth-order valence-corrected chi connectivity index (χ4v) is 3.96. The maximum atomic E-state index is 6.43. The standard InChI is InChI=1S/C17H20BrClN2/c1-2-7-20-16-10-15(11-5-3-4-6-11)21-17-13(16)8-12(18)9-14(17)19/h8-11H,2-7H2,1H3,(H,20,21). The first-order valence-corrected chi connectivity index (χ1v) is 8.89. The van der Waals surface area contributed by atoms with Gasteiger partial charge in [-0.25, -0.2) is 0 Å². The summed E-state index contributed by atoms with van der Waals surface area (Å²) in [4.78, 5) is 4.87. The molecule has 0 bridgehead atoms. The van der Waals surface area contributed by atoms with Crippen molar-refractivity contribution in [2.24, 2.45) is 0 Å². The Morgan fingerprint density at radius 2 is 2.05 bits per heavy atom. The maximum absolute atomic E-state index is 6.43. The van der Waals surface area contributed by atoms with E-state index < -0.39 is 0 Å². The van der Waals surface area contributed by atoms with Crippen molar-refractivity contribution < 1.29 is 0 Å². The highest BCUT2D eigenvalue weighted by molar-refractivity contribution is 9.10. The number of nitrogens with one attached hydrogen (secondary N) is 1. The quantitative estimate of drug-likeness (QED) is 0.703. The van der Waals surface area contributed by atoms with Gasteiger partial charge in [0.2, 0.25) is 0 Å². The number of benzene rings is 1. The molecule has 0 amide bonds. The van der Waals surface area contributed by atoms with Crippen molar-refractivity contribution >= 4 is 44.1 Å². The van der Waals surface area contributed by atoms with E-state index in [2.05, 4.69) is 40.3 Å². The van der Waals surface area contributed by atoms with Gasteiger partial charge in [-0.05, 0) is 37.5 Å². The van der Waals surface area contributed by atoms with Gasteiger partial charge in [0, 0.05) is 33.7 Å². The lowest BCUT2D eigenvalue weighted by Crippen LogP contribution is -2.04. The average molecular weight is 368 g/mol. The highest BCUT2D eigenvalue weighted by atomic mass is 79.9. The molecule has 2 aromatic rings. The number of hydrogen-bond acceptors (Lipinski definition) is 2.